The van der Waals surface area contributed by atoms with Crippen molar-refractivity contribution in [2.24, 2.45) is 0 Å². The molecular formula is C14H15N3O2. The molecule has 0 atom stereocenters. The van der Waals surface area contributed by atoms with Crippen molar-refractivity contribution in [2.75, 3.05) is 6.61 Å². The summed E-state index contributed by atoms with van der Waals surface area (Å²) >= 11 is 0. The van der Waals surface area contributed by atoms with Crippen LogP contribution in [-0.4, -0.2) is 22.0 Å². The summed E-state index contributed by atoms with van der Waals surface area (Å²) in [6, 6.07) is 5.95. The van der Waals surface area contributed by atoms with Gasteiger partial charge in [0, 0.05) is 6.20 Å². The Hall–Kier alpha value is -2.35. The van der Waals surface area contributed by atoms with Crippen molar-refractivity contribution in [1.82, 2.24) is 9.38 Å². The van der Waals surface area contributed by atoms with Gasteiger partial charge in [0.05, 0.1) is 36.9 Å². The van der Waals surface area contributed by atoms with E-state index in [0.29, 0.717) is 12.3 Å². The fourth-order valence-corrected chi connectivity index (χ4v) is 2.00. The number of carbonyl (C=O) groups is 1. The normalized spacial score (nSPS) is 10.4. The number of rotatable bonds is 4. The first kappa shape index (κ1) is 13.1. The third-order valence-corrected chi connectivity index (χ3v) is 2.81. The minimum absolute atomic E-state index is 0.103. The minimum atomic E-state index is -0.318. The summed E-state index contributed by atoms with van der Waals surface area (Å²) in [4.78, 5) is 16.0. The molecule has 0 aliphatic rings. The van der Waals surface area contributed by atoms with E-state index in [1.165, 1.54) is 0 Å². The molecule has 2 heterocycles. The van der Waals surface area contributed by atoms with Crippen LogP contribution in [0.25, 0.3) is 5.65 Å². The zero-order valence-corrected chi connectivity index (χ0v) is 11.0. The maximum absolute atomic E-state index is 11.6. The van der Waals surface area contributed by atoms with Gasteiger partial charge in [-0.3, -0.25) is 4.79 Å². The third kappa shape index (κ3) is 2.74. The van der Waals surface area contributed by atoms with Gasteiger partial charge in [-0.05, 0) is 25.5 Å². The van der Waals surface area contributed by atoms with E-state index in [2.05, 4.69) is 11.1 Å². The summed E-state index contributed by atoms with van der Waals surface area (Å²) in [5.74, 6) is -0.318. The second-order valence-corrected chi connectivity index (χ2v) is 4.26. The molecule has 0 bridgehead atoms. The molecule has 0 aliphatic carbocycles. The first-order chi connectivity index (χ1) is 9.15. The van der Waals surface area contributed by atoms with Crippen LogP contribution in [0.15, 0.2) is 18.3 Å². The van der Waals surface area contributed by atoms with Crippen LogP contribution in [0.4, 0.5) is 0 Å². The zero-order chi connectivity index (χ0) is 13.8. The van der Waals surface area contributed by atoms with E-state index in [0.717, 1.165) is 16.9 Å². The first-order valence-corrected chi connectivity index (χ1v) is 6.14. The molecule has 0 N–H and O–H groups in total. The number of aromatic nitrogens is 2. The maximum atomic E-state index is 11.6. The Morgan fingerprint density at radius 1 is 1.53 bits per heavy atom. The minimum Gasteiger partial charge on any atom is -0.466 e. The van der Waals surface area contributed by atoms with Gasteiger partial charge in [0.1, 0.15) is 5.65 Å². The standard InChI is InChI=1S/C14H15N3O2/c1-3-19-14(18)8-11-12(6-7-15)17-9-10(2)4-5-13(17)16-11/h4-5,9H,3,6,8H2,1-2H3. The number of hydrogen-bond acceptors (Lipinski definition) is 4. The Labute approximate surface area is 111 Å². The number of hydrogen-bond donors (Lipinski definition) is 0. The number of ether oxygens (including phenoxy) is 1. The molecule has 5 nitrogen and oxygen atoms in total. The van der Waals surface area contributed by atoms with Crippen molar-refractivity contribution in [3.05, 3.63) is 35.3 Å². The van der Waals surface area contributed by atoms with E-state index in [4.69, 9.17) is 10.00 Å². The van der Waals surface area contributed by atoms with E-state index in [9.17, 15) is 4.79 Å². The number of nitriles is 1. The predicted octanol–water partition coefficient (Wildman–Crippen LogP) is 1.81. The van der Waals surface area contributed by atoms with Crippen LogP contribution in [0, 0.1) is 18.3 Å². The first-order valence-electron chi connectivity index (χ1n) is 6.14. The van der Waals surface area contributed by atoms with Gasteiger partial charge in [-0.1, -0.05) is 6.07 Å². The molecule has 5 heteroatoms. The van der Waals surface area contributed by atoms with Crippen molar-refractivity contribution >= 4 is 11.6 Å². The molecule has 0 saturated heterocycles. The van der Waals surface area contributed by atoms with Crippen LogP contribution >= 0.6 is 0 Å². The predicted molar refractivity (Wildman–Crippen MR) is 69.6 cm³/mol. The van der Waals surface area contributed by atoms with Crippen LogP contribution in [0.3, 0.4) is 0 Å². The van der Waals surface area contributed by atoms with Gasteiger partial charge in [-0.2, -0.15) is 5.26 Å². The van der Waals surface area contributed by atoms with Gasteiger partial charge in [-0.15, -0.1) is 0 Å². The summed E-state index contributed by atoms with van der Waals surface area (Å²) in [6.07, 6.45) is 2.24. The van der Waals surface area contributed by atoms with E-state index in [-0.39, 0.29) is 18.8 Å². The Kier molecular flexibility index (Phi) is 3.81. The van der Waals surface area contributed by atoms with E-state index >= 15 is 0 Å². The molecule has 98 valence electrons. The van der Waals surface area contributed by atoms with Crippen molar-refractivity contribution < 1.29 is 9.53 Å². The van der Waals surface area contributed by atoms with Crippen LogP contribution in [-0.2, 0) is 22.4 Å². The Morgan fingerprint density at radius 2 is 2.32 bits per heavy atom. The van der Waals surface area contributed by atoms with Gasteiger partial charge in [0.2, 0.25) is 0 Å². The Balaban J connectivity index is 2.45. The number of fused-ring (bicyclic) bond motifs is 1. The SMILES string of the molecule is CCOC(=O)Cc1nc2ccc(C)cn2c1CC#N. The molecule has 0 unspecified atom stereocenters. The number of esters is 1. The highest BCUT2D eigenvalue weighted by molar-refractivity contribution is 5.72. The number of nitrogens with zero attached hydrogens (tertiary/aromatic N) is 3. The lowest BCUT2D eigenvalue weighted by Crippen LogP contribution is -2.09. The molecule has 19 heavy (non-hydrogen) atoms. The molecule has 2 rings (SSSR count). The lowest BCUT2D eigenvalue weighted by Gasteiger charge is -2.02. The van der Waals surface area contributed by atoms with E-state index < -0.39 is 0 Å². The molecule has 0 aromatic carbocycles. The largest absolute Gasteiger partial charge is 0.466 e. The molecule has 0 saturated carbocycles. The molecule has 0 aliphatic heterocycles. The molecule has 0 amide bonds. The average Bonchev–Trinajstić information content (AvgIpc) is 2.68. The average molecular weight is 257 g/mol. The van der Waals surface area contributed by atoms with E-state index in [1.54, 1.807) is 6.92 Å². The summed E-state index contributed by atoms with van der Waals surface area (Å²) in [5.41, 5.74) is 3.20. The molecule has 2 aromatic heterocycles. The van der Waals surface area contributed by atoms with Crippen molar-refractivity contribution in [1.29, 1.82) is 5.26 Å². The van der Waals surface area contributed by atoms with Gasteiger partial charge in [0.25, 0.3) is 0 Å². The number of pyridine rings is 1. The molecule has 0 spiro atoms. The Morgan fingerprint density at radius 3 is 3.00 bits per heavy atom. The zero-order valence-electron chi connectivity index (χ0n) is 11.0. The summed E-state index contributed by atoms with van der Waals surface area (Å²) in [6.45, 7) is 4.08. The molecule has 0 fully saturated rings. The monoisotopic (exact) mass is 257 g/mol. The molecule has 2 aromatic rings. The Bertz CT molecular complexity index is 652. The van der Waals surface area contributed by atoms with Gasteiger partial charge >= 0.3 is 5.97 Å². The van der Waals surface area contributed by atoms with Crippen LogP contribution in [0.1, 0.15) is 23.9 Å². The summed E-state index contributed by atoms with van der Waals surface area (Å²) < 4.78 is 6.80. The summed E-state index contributed by atoms with van der Waals surface area (Å²) in [5, 5.41) is 8.92. The lowest BCUT2D eigenvalue weighted by molar-refractivity contribution is -0.142. The third-order valence-electron chi connectivity index (χ3n) is 2.81. The maximum Gasteiger partial charge on any atom is 0.311 e. The molecule has 0 radical (unpaired) electrons. The fraction of sp³-hybridized carbons (Fsp3) is 0.357. The summed E-state index contributed by atoms with van der Waals surface area (Å²) in [7, 11) is 0. The van der Waals surface area contributed by atoms with Crippen LogP contribution in [0.5, 0.6) is 0 Å². The van der Waals surface area contributed by atoms with Crippen molar-refractivity contribution in [3.63, 3.8) is 0 Å². The topological polar surface area (TPSA) is 67.4 Å². The number of imidazole rings is 1. The fourth-order valence-electron chi connectivity index (χ4n) is 2.00. The quantitative estimate of drug-likeness (QED) is 0.783. The van der Waals surface area contributed by atoms with Gasteiger partial charge in [-0.25, -0.2) is 4.98 Å². The lowest BCUT2D eigenvalue weighted by atomic mass is 10.2. The highest BCUT2D eigenvalue weighted by Gasteiger charge is 2.15. The van der Waals surface area contributed by atoms with Crippen molar-refractivity contribution in [3.8, 4) is 6.07 Å². The second-order valence-electron chi connectivity index (χ2n) is 4.26. The number of carbonyl (C=O) groups excluding carboxylic acids is 1. The smallest absolute Gasteiger partial charge is 0.311 e. The van der Waals surface area contributed by atoms with Gasteiger partial charge in [0.15, 0.2) is 0 Å². The van der Waals surface area contributed by atoms with Crippen LogP contribution in [0.2, 0.25) is 0 Å². The second kappa shape index (κ2) is 5.53. The van der Waals surface area contributed by atoms with Gasteiger partial charge < -0.3 is 9.14 Å². The number of aryl methyl sites for hydroxylation is 1. The van der Waals surface area contributed by atoms with E-state index in [1.807, 2.05) is 29.7 Å². The highest BCUT2D eigenvalue weighted by Crippen LogP contribution is 2.15. The van der Waals surface area contributed by atoms with Crippen molar-refractivity contribution in [2.45, 2.75) is 26.7 Å². The highest BCUT2D eigenvalue weighted by atomic mass is 16.5. The van der Waals surface area contributed by atoms with Crippen LogP contribution < -0.4 is 0 Å². The molecular weight excluding hydrogens is 242 g/mol.